The lowest BCUT2D eigenvalue weighted by molar-refractivity contribution is -0.0588. The van der Waals surface area contributed by atoms with Gasteiger partial charge in [0, 0.05) is 20.2 Å². The second-order valence-electron chi connectivity index (χ2n) is 6.32. The van der Waals surface area contributed by atoms with Crippen molar-refractivity contribution >= 4 is 0 Å². The zero-order valence-corrected chi connectivity index (χ0v) is 13.4. The highest BCUT2D eigenvalue weighted by atomic mass is 16.5. The number of aliphatic hydroxyl groups excluding tert-OH is 1. The van der Waals surface area contributed by atoms with Gasteiger partial charge < -0.3 is 15.2 Å². The van der Waals surface area contributed by atoms with E-state index in [0.29, 0.717) is 0 Å². The number of rotatable bonds is 6. The molecule has 0 amide bonds. The van der Waals surface area contributed by atoms with Crippen molar-refractivity contribution in [3.8, 4) is 0 Å². The second kappa shape index (κ2) is 6.88. The molecule has 118 valence electrons. The first-order valence-electron chi connectivity index (χ1n) is 7.70. The Morgan fingerprint density at radius 1 is 1.38 bits per heavy atom. The molecule has 1 fully saturated rings. The van der Waals surface area contributed by atoms with E-state index in [-0.39, 0.29) is 12.2 Å². The average Bonchev–Trinajstić information content (AvgIpc) is 2.54. The predicted octanol–water partition coefficient (Wildman–Crippen LogP) is 1.59. The van der Waals surface area contributed by atoms with E-state index in [4.69, 9.17) is 4.74 Å². The van der Waals surface area contributed by atoms with Crippen LogP contribution in [0.2, 0.25) is 0 Å². The monoisotopic (exact) mass is 292 g/mol. The summed E-state index contributed by atoms with van der Waals surface area (Å²) in [5.74, 6) is 0. The Bertz CT molecular complexity index is 434. The van der Waals surface area contributed by atoms with E-state index in [1.807, 2.05) is 25.2 Å². The summed E-state index contributed by atoms with van der Waals surface area (Å²) in [6.45, 7) is 4.98. The van der Waals surface area contributed by atoms with Gasteiger partial charge in [0.1, 0.15) is 0 Å². The number of aliphatic hydroxyl groups is 1. The van der Waals surface area contributed by atoms with Gasteiger partial charge in [-0.15, -0.1) is 0 Å². The first kappa shape index (κ1) is 16.4. The Hall–Kier alpha value is -0.940. The van der Waals surface area contributed by atoms with Gasteiger partial charge in [0.05, 0.1) is 17.7 Å². The maximum atomic E-state index is 10.0. The van der Waals surface area contributed by atoms with Crippen LogP contribution in [0, 0.1) is 0 Å². The standard InChI is InChI=1S/C17H28N2O2/c1-16(21-3)10-7-11-19(12-16)13-17(14-20,18-2)15-8-5-4-6-9-15/h4-6,8-9,18,20H,7,10-14H2,1-3H3. The van der Waals surface area contributed by atoms with Gasteiger partial charge in [-0.3, -0.25) is 4.90 Å². The van der Waals surface area contributed by atoms with Crippen molar-refractivity contribution in [1.29, 1.82) is 0 Å². The summed E-state index contributed by atoms with van der Waals surface area (Å²) in [5, 5.41) is 13.4. The van der Waals surface area contributed by atoms with Crippen molar-refractivity contribution in [1.82, 2.24) is 10.2 Å². The Morgan fingerprint density at radius 2 is 2.10 bits per heavy atom. The molecule has 1 aromatic rings. The molecule has 2 rings (SSSR count). The van der Waals surface area contributed by atoms with E-state index in [1.54, 1.807) is 7.11 Å². The molecule has 0 aliphatic carbocycles. The van der Waals surface area contributed by atoms with Gasteiger partial charge in [-0.05, 0) is 38.9 Å². The van der Waals surface area contributed by atoms with E-state index in [1.165, 1.54) is 0 Å². The van der Waals surface area contributed by atoms with Crippen LogP contribution in [0.1, 0.15) is 25.3 Å². The molecule has 2 N–H and O–H groups in total. The number of likely N-dealkylation sites (tertiary alicyclic amines) is 1. The summed E-state index contributed by atoms with van der Waals surface area (Å²) in [6, 6.07) is 10.2. The summed E-state index contributed by atoms with van der Waals surface area (Å²) in [4.78, 5) is 2.40. The maximum Gasteiger partial charge on any atom is 0.0795 e. The summed E-state index contributed by atoms with van der Waals surface area (Å²) < 4.78 is 5.67. The molecule has 1 aliphatic heterocycles. The molecule has 1 heterocycles. The number of ether oxygens (including phenoxy) is 1. The molecular weight excluding hydrogens is 264 g/mol. The van der Waals surface area contributed by atoms with Crippen molar-refractivity contribution in [2.24, 2.45) is 0 Å². The predicted molar refractivity (Wildman–Crippen MR) is 85.4 cm³/mol. The number of nitrogens with zero attached hydrogens (tertiary/aromatic N) is 1. The maximum absolute atomic E-state index is 10.0. The molecule has 4 heteroatoms. The minimum Gasteiger partial charge on any atom is -0.394 e. The molecule has 1 aliphatic rings. The normalized spacial score (nSPS) is 26.5. The zero-order chi connectivity index (χ0) is 15.3. The van der Waals surface area contributed by atoms with E-state index in [2.05, 4.69) is 29.3 Å². The van der Waals surface area contributed by atoms with E-state index in [9.17, 15) is 5.11 Å². The number of methoxy groups -OCH3 is 1. The fourth-order valence-corrected chi connectivity index (χ4v) is 3.28. The third kappa shape index (κ3) is 3.64. The van der Waals surface area contributed by atoms with Gasteiger partial charge in [0.2, 0.25) is 0 Å². The minimum atomic E-state index is -0.423. The molecule has 1 saturated heterocycles. The van der Waals surface area contributed by atoms with Crippen molar-refractivity contribution in [2.45, 2.75) is 30.9 Å². The molecule has 1 aromatic carbocycles. The zero-order valence-electron chi connectivity index (χ0n) is 13.4. The first-order chi connectivity index (χ1) is 10.1. The van der Waals surface area contributed by atoms with Crippen LogP contribution in [-0.4, -0.2) is 56.0 Å². The van der Waals surface area contributed by atoms with Crippen LogP contribution in [0.25, 0.3) is 0 Å². The molecule has 0 bridgehead atoms. The number of hydrogen-bond donors (Lipinski definition) is 2. The third-order valence-corrected chi connectivity index (χ3v) is 4.80. The topological polar surface area (TPSA) is 44.7 Å². The highest BCUT2D eigenvalue weighted by molar-refractivity contribution is 5.25. The lowest BCUT2D eigenvalue weighted by Crippen LogP contribution is -2.56. The number of likely N-dealkylation sites (N-methyl/N-ethyl adjacent to an activating group) is 1. The lowest BCUT2D eigenvalue weighted by Gasteiger charge is -2.44. The van der Waals surface area contributed by atoms with Gasteiger partial charge in [-0.2, -0.15) is 0 Å². The van der Waals surface area contributed by atoms with E-state index >= 15 is 0 Å². The fraction of sp³-hybridized carbons (Fsp3) is 0.647. The van der Waals surface area contributed by atoms with Gasteiger partial charge >= 0.3 is 0 Å². The van der Waals surface area contributed by atoms with Crippen LogP contribution in [-0.2, 0) is 10.3 Å². The third-order valence-electron chi connectivity index (χ3n) is 4.80. The van der Waals surface area contributed by atoms with E-state index < -0.39 is 5.54 Å². The molecule has 2 atom stereocenters. The number of piperidine rings is 1. The van der Waals surface area contributed by atoms with Gasteiger partial charge in [-0.1, -0.05) is 30.3 Å². The van der Waals surface area contributed by atoms with Crippen molar-refractivity contribution in [3.63, 3.8) is 0 Å². The Balaban J connectivity index is 2.17. The fourth-order valence-electron chi connectivity index (χ4n) is 3.28. The molecule has 2 unspecified atom stereocenters. The number of hydrogen-bond acceptors (Lipinski definition) is 4. The van der Waals surface area contributed by atoms with Crippen LogP contribution < -0.4 is 5.32 Å². The SMILES string of the molecule is CNC(CO)(CN1CCCC(C)(OC)C1)c1ccccc1. The minimum absolute atomic E-state index is 0.0771. The van der Waals surface area contributed by atoms with Crippen LogP contribution in [0.3, 0.4) is 0 Å². The van der Waals surface area contributed by atoms with Gasteiger partial charge in [0.15, 0.2) is 0 Å². The summed E-state index contributed by atoms with van der Waals surface area (Å²) >= 11 is 0. The highest BCUT2D eigenvalue weighted by Gasteiger charge is 2.37. The van der Waals surface area contributed by atoms with Crippen LogP contribution in [0.5, 0.6) is 0 Å². The molecule has 4 nitrogen and oxygen atoms in total. The van der Waals surface area contributed by atoms with Gasteiger partial charge in [-0.25, -0.2) is 0 Å². The molecule has 0 saturated carbocycles. The molecule has 0 aromatic heterocycles. The van der Waals surface area contributed by atoms with Crippen LogP contribution in [0.15, 0.2) is 30.3 Å². The van der Waals surface area contributed by atoms with Crippen LogP contribution >= 0.6 is 0 Å². The van der Waals surface area contributed by atoms with Crippen LogP contribution in [0.4, 0.5) is 0 Å². The number of nitrogens with one attached hydrogen (secondary N) is 1. The molecule has 21 heavy (non-hydrogen) atoms. The Morgan fingerprint density at radius 3 is 2.67 bits per heavy atom. The summed E-state index contributed by atoms with van der Waals surface area (Å²) in [5.41, 5.74) is 0.622. The Kier molecular flexibility index (Phi) is 5.38. The van der Waals surface area contributed by atoms with Crippen molar-refractivity contribution in [3.05, 3.63) is 35.9 Å². The smallest absolute Gasteiger partial charge is 0.0795 e. The average molecular weight is 292 g/mol. The summed E-state index contributed by atoms with van der Waals surface area (Å²) in [7, 11) is 3.71. The second-order valence-corrected chi connectivity index (χ2v) is 6.32. The lowest BCUT2D eigenvalue weighted by atomic mass is 9.87. The molecule has 0 spiro atoms. The quantitative estimate of drug-likeness (QED) is 0.836. The molecule has 0 radical (unpaired) electrons. The molecular formula is C17H28N2O2. The summed E-state index contributed by atoms with van der Waals surface area (Å²) in [6.07, 6.45) is 2.22. The van der Waals surface area contributed by atoms with Crippen molar-refractivity contribution in [2.75, 3.05) is 40.4 Å². The van der Waals surface area contributed by atoms with Crippen molar-refractivity contribution < 1.29 is 9.84 Å². The van der Waals surface area contributed by atoms with Gasteiger partial charge in [0.25, 0.3) is 0 Å². The van der Waals surface area contributed by atoms with E-state index in [0.717, 1.165) is 38.0 Å². The largest absolute Gasteiger partial charge is 0.394 e. The highest BCUT2D eigenvalue weighted by Crippen LogP contribution is 2.28. The number of benzene rings is 1. The Labute approximate surface area is 128 Å². The first-order valence-corrected chi connectivity index (χ1v) is 7.70.